The number of primary amides is 1. The van der Waals surface area contributed by atoms with Gasteiger partial charge in [-0.25, -0.2) is 14.3 Å². The van der Waals surface area contributed by atoms with Crippen molar-refractivity contribution < 1.29 is 28.9 Å². The first-order valence-electron chi connectivity index (χ1n) is 12.3. The van der Waals surface area contributed by atoms with E-state index in [1.54, 1.807) is 47.0 Å². The lowest BCUT2D eigenvalue weighted by Crippen LogP contribution is -2.46. The number of aryl methyl sites for hydroxylation is 1. The number of aromatic nitrogens is 3. The Hall–Kier alpha value is -4.84. The second-order valence-corrected chi connectivity index (χ2v) is 9.71. The molecule has 2 aromatic carbocycles. The second kappa shape index (κ2) is 12.8. The molecular formula is C28H34N6O6. The molecule has 0 atom stereocenters. The van der Waals surface area contributed by atoms with Crippen molar-refractivity contribution in [2.75, 3.05) is 31.0 Å². The molecule has 2 amide bonds. The van der Waals surface area contributed by atoms with Crippen molar-refractivity contribution in [3.05, 3.63) is 71.9 Å². The fourth-order valence-electron chi connectivity index (χ4n) is 3.82. The van der Waals surface area contributed by atoms with Crippen molar-refractivity contribution in [1.29, 1.82) is 0 Å². The molecule has 0 aliphatic heterocycles. The fourth-order valence-corrected chi connectivity index (χ4v) is 3.82. The summed E-state index contributed by atoms with van der Waals surface area (Å²) in [5, 5.41) is 11.6. The van der Waals surface area contributed by atoms with E-state index in [2.05, 4.69) is 15.8 Å². The van der Waals surface area contributed by atoms with E-state index in [1.165, 1.54) is 0 Å². The highest BCUT2D eigenvalue weighted by molar-refractivity contribution is 6.07. The van der Waals surface area contributed by atoms with E-state index in [0.717, 1.165) is 11.3 Å². The van der Waals surface area contributed by atoms with E-state index in [1.807, 2.05) is 58.0 Å². The summed E-state index contributed by atoms with van der Waals surface area (Å²) in [5.74, 6) is 1.78. The third-order valence-corrected chi connectivity index (χ3v) is 5.47. The Morgan fingerprint density at radius 1 is 1.05 bits per heavy atom. The van der Waals surface area contributed by atoms with Crippen molar-refractivity contribution >= 4 is 29.2 Å². The molecule has 0 bridgehead atoms. The predicted molar refractivity (Wildman–Crippen MR) is 151 cm³/mol. The zero-order chi connectivity index (χ0) is 29.4. The molecule has 0 aliphatic carbocycles. The first-order chi connectivity index (χ1) is 18.9. The van der Waals surface area contributed by atoms with Gasteiger partial charge in [0.15, 0.2) is 5.65 Å². The van der Waals surface area contributed by atoms with Crippen LogP contribution in [-0.4, -0.2) is 57.6 Å². The third-order valence-electron chi connectivity index (χ3n) is 5.47. The summed E-state index contributed by atoms with van der Waals surface area (Å²) in [5.41, 5.74) is 12.1. The lowest BCUT2D eigenvalue weighted by Gasteiger charge is -2.37. The number of nitrogen functional groups attached to an aromatic ring is 1. The zero-order valence-corrected chi connectivity index (χ0v) is 23.1. The Morgan fingerprint density at radius 3 is 2.45 bits per heavy atom. The number of imidazole rings is 1. The van der Waals surface area contributed by atoms with Crippen LogP contribution in [0.25, 0.3) is 5.65 Å². The van der Waals surface area contributed by atoms with Gasteiger partial charge < -0.3 is 35.7 Å². The average molecular weight is 551 g/mol. The predicted octanol–water partition coefficient (Wildman–Crippen LogP) is 4.51. The van der Waals surface area contributed by atoms with Crippen LogP contribution in [0.4, 0.5) is 16.3 Å². The number of hydrogen-bond acceptors (Lipinski definition) is 8. The number of methoxy groups -OCH3 is 1. The molecular weight excluding hydrogens is 516 g/mol. The maximum atomic E-state index is 13.8. The first kappa shape index (κ1) is 29.7. The average Bonchev–Trinajstić information content (AvgIpc) is 3.24. The number of benzene rings is 2. The van der Waals surface area contributed by atoms with Crippen LogP contribution in [0.5, 0.6) is 17.4 Å². The smallest absolute Gasteiger partial charge is 0.402 e. The summed E-state index contributed by atoms with van der Waals surface area (Å²) >= 11 is 0. The number of anilines is 2. The Labute approximate surface area is 232 Å². The maximum Gasteiger partial charge on any atom is 0.402 e. The second-order valence-electron chi connectivity index (χ2n) is 9.71. The molecule has 212 valence electrons. The minimum Gasteiger partial charge on any atom is -0.491 e. The lowest BCUT2D eigenvalue weighted by atomic mass is 10.0. The van der Waals surface area contributed by atoms with Crippen molar-refractivity contribution in [2.45, 2.75) is 33.2 Å². The highest BCUT2D eigenvalue weighted by Gasteiger charge is 2.30. The third kappa shape index (κ3) is 7.84. The van der Waals surface area contributed by atoms with Crippen molar-refractivity contribution in [2.24, 2.45) is 5.73 Å². The number of ether oxygens (including phenoxy) is 3. The molecule has 0 saturated carbocycles. The number of amides is 2. The number of carbonyl (C=O) groups excluding carboxylic acids is 1. The summed E-state index contributed by atoms with van der Waals surface area (Å²) in [6, 6.07) is 16.3. The number of carboxylic acid groups (broad SMARTS) is 1. The Kier molecular flexibility index (Phi) is 9.51. The number of nitrogens with two attached hydrogens (primary N) is 2. The quantitative estimate of drug-likeness (QED) is 0.267. The Balaban J connectivity index is 0.00000103. The summed E-state index contributed by atoms with van der Waals surface area (Å²) in [4.78, 5) is 28.5. The minimum atomic E-state index is -1.33. The number of hydrogen-bond donors (Lipinski definition) is 3. The topological polar surface area (TPSA) is 168 Å². The van der Waals surface area contributed by atoms with Crippen molar-refractivity contribution in [3.8, 4) is 17.4 Å². The summed E-state index contributed by atoms with van der Waals surface area (Å²) in [6.07, 6.45) is 0.288. The number of rotatable bonds is 8. The van der Waals surface area contributed by atoms with E-state index in [4.69, 9.17) is 29.8 Å². The van der Waals surface area contributed by atoms with Gasteiger partial charge in [0, 0.05) is 30.3 Å². The fraction of sp³-hybridized carbons (Fsp3) is 0.286. The standard InChI is InChI=1S/C27H31N5O4.CH3NO2/c1-18-9-10-21(36-25-12-11-24-29-23(28)17-31(24)30-25)16-22(18)32(27(2,3)4)26(33)19-7-6-8-20(15-19)35-14-13-34-5;2-1(3)4/h6-12,15-17H,13-14,28H2,1-5H3;2H2,(H,3,4). The van der Waals surface area contributed by atoms with Crippen molar-refractivity contribution in [3.63, 3.8) is 0 Å². The van der Waals surface area contributed by atoms with Crippen LogP contribution in [0.15, 0.2) is 60.8 Å². The van der Waals surface area contributed by atoms with Gasteiger partial charge in [-0.15, -0.1) is 5.10 Å². The molecule has 0 spiro atoms. The molecule has 12 heteroatoms. The molecule has 12 nitrogen and oxygen atoms in total. The monoisotopic (exact) mass is 550 g/mol. The van der Waals surface area contributed by atoms with E-state index in [9.17, 15) is 4.79 Å². The van der Waals surface area contributed by atoms with E-state index >= 15 is 0 Å². The Bertz CT molecular complexity index is 1480. The largest absolute Gasteiger partial charge is 0.491 e. The highest BCUT2D eigenvalue weighted by Crippen LogP contribution is 2.34. The van der Waals surface area contributed by atoms with Gasteiger partial charge >= 0.3 is 6.09 Å². The van der Waals surface area contributed by atoms with Gasteiger partial charge in [-0.3, -0.25) is 4.79 Å². The molecule has 0 unspecified atom stereocenters. The molecule has 0 radical (unpaired) electrons. The van der Waals surface area contributed by atoms with Crippen LogP contribution in [0.3, 0.4) is 0 Å². The molecule has 4 rings (SSSR count). The molecule has 2 aromatic heterocycles. The maximum absolute atomic E-state index is 13.8. The van der Waals surface area contributed by atoms with Gasteiger partial charge in [-0.2, -0.15) is 0 Å². The number of carbonyl (C=O) groups is 2. The van der Waals surface area contributed by atoms with Gasteiger partial charge in [0.25, 0.3) is 5.91 Å². The molecule has 40 heavy (non-hydrogen) atoms. The molecule has 0 fully saturated rings. The van der Waals surface area contributed by atoms with Crippen LogP contribution in [0.2, 0.25) is 0 Å². The van der Waals surface area contributed by atoms with Crippen LogP contribution < -0.4 is 25.8 Å². The van der Waals surface area contributed by atoms with Crippen LogP contribution >= 0.6 is 0 Å². The van der Waals surface area contributed by atoms with E-state index in [0.29, 0.717) is 47.6 Å². The molecule has 0 aliphatic rings. The van der Waals surface area contributed by atoms with Gasteiger partial charge in [-0.05, 0) is 63.6 Å². The SMILES string of the molecule is COCCOc1cccc(C(=O)N(c2cc(Oc3ccc4nc(N)cn4n3)ccc2C)C(C)(C)C)c1.NC(=O)O. The first-order valence-corrected chi connectivity index (χ1v) is 12.3. The van der Waals surface area contributed by atoms with Gasteiger partial charge in [0.1, 0.15) is 23.9 Å². The molecule has 2 heterocycles. The normalized spacial score (nSPS) is 10.9. The molecule has 4 aromatic rings. The van der Waals surface area contributed by atoms with Gasteiger partial charge in [0.2, 0.25) is 5.88 Å². The summed E-state index contributed by atoms with van der Waals surface area (Å²) in [6.45, 7) is 8.82. The van der Waals surface area contributed by atoms with Crippen LogP contribution in [0.1, 0.15) is 36.7 Å². The van der Waals surface area contributed by atoms with Crippen LogP contribution in [0, 0.1) is 6.92 Å². The summed E-state index contributed by atoms with van der Waals surface area (Å²) < 4.78 is 18.4. The number of nitrogens with zero attached hydrogens (tertiary/aromatic N) is 4. The molecule has 5 N–H and O–H groups in total. The minimum absolute atomic E-state index is 0.145. The molecule has 0 saturated heterocycles. The van der Waals surface area contributed by atoms with Crippen LogP contribution in [-0.2, 0) is 4.74 Å². The Morgan fingerprint density at radius 2 is 1.77 bits per heavy atom. The highest BCUT2D eigenvalue weighted by atomic mass is 16.5. The van der Waals surface area contributed by atoms with Crippen molar-refractivity contribution in [1.82, 2.24) is 14.6 Å². The lowest BCUT2D eigenvalue weighted by molar-refractivity contribution is 0.0964. The van der Waals surface area contributed by atoms with E-state index < -0.39 is 11.6 Å². The number of fused-ring (bicyclic) bond motifs is 1. The summed E-state index contributed by atoms with van der Waals surface area (Å²) in [7, 11) is 1.62. The van der Waals surface area contributed by atoms with Gasteiger partial charge in [0.05, 0.1) is 18.5 Å². The zero-order valence-electron chi connectivity index (χ0n) is 23.1. The van der Waals surface area contributed by atoms with E-state index in [-0.39, 0.29) is 5.91 Å². The van der Waals surface area contributed by atoms with Gasteiger partial charge in [-0.1, -0.05) is 12.1 Å².